The van der Waals surface area contributed by atoms with E-state index in [2.05, 4.69) is 64.6 Å². The molecule has 98 valence electrons. The highest BCUT2D eigenvalue weighted by Gasteiger charge is 2.07. The number of pyridine rings is 1. The second kappa shape index (κ2) is 3.83. The third kappa shape index (κ3) is 1.44. The van der Waals surface area contributed by atoms with Gasteiger partial charge in [-0.2, -0.15) is 0 Å². The zero-order valence-corrected chi connectivity index (χ0v) is 11.3. The minimum Gasteiger partial charge on any atom is -0.354 e. The minimum absolute atomic E-state index is 1.05. The van der Waals surface area contributed by atoms with E-state index < -0.39 is 0 Å². The van der Waals surface area contributed by atoms with Crippen LogP contribution in [0.2, 0.25) is 0 Å². The topological polar surface area (TPSA) is 28.7 Å². The van der Waals surface area contributed by atoms with Gasteiger partial charge in [-0.05, 0) is 29.7 Å². The number of aromatic amines is 1. The molecule has 0 spiro atoms. The quantitative estimate of drug-likeness (QED) is 0.392. The Morgan fingerprint density at radius 1 is 0.667 bits per heavy atom. The van der Waals surface area contributed by atoms with Crippen LogP contribution in [-0.2, 0) is 0 Å². The molecule has 0 bridgehead atoms. The van der Waals surface area contributed by atoms with E-state index in [0.717, 1.165) is 5.52 Å². The van der Waals surface area contributed by atoms with Crippen LogP contribution in [0.1, 0.15) is 0 Å². The first kappa shape index (κ1) is 10.9. The van der Waals surface area contributed by atoms with Gasteiger partial charge in [0.2, 0.25) is 0 Å². The third-order valence-corrected chi connectivity index (χ3v) is 4.21. The standard InChI is InChI=1S/C19H12N2/c1-3-7-17-13(5-1)15-10-16-14-6-2-4-8-18(14)21-19(16)9-12(15)11-20-17/h1-11,21H. The lowest BCUT2D eigenvalue weighted by molar-refractivity contribution is 1.44. The van der Waals surface area contributed by atoms with Crippen LogP contribution in [0, 0.1) is 0 Å². The monoisotopic (exact) mass is 268 g/mol. The molecule has 2 nitrogen and oxygen atoms in total. The zero-order chi connectivity index (χ0) is 13.8. The van der Waals surface area contributed by atoms with Crippen molar-refractivity contribution >= 4 is 43.5 Å². The van der Waals surface area contributed by atoms with Gasteiger partial charge in [0, 0.05) is 38.8 Å². The molecule has 2 heteroatoms. The van der Waals surface area contributed by atoms with Gasteiger partial charge in [0.25, 0.3) is 0 Å². The second-order valence-corrected chi connectivity index (χ2v) is 5.43. The van der Waals surface area contributed by atoms with Crippen LogP contribution in [0.3, 0.4) is 0 Å². The van der Waals surface area contributed by atoms with Crippen molar-refractivity contribution in [3.63, 3.8) is 0 Å². The van der Waals surface area contributed by atoms with Crippen LogP contribution in [0.5, 0.6) is 0 Å². The first-order valence-electron chi connectivity index (χ1n) is 7.08. The summed E-state index contributed by atoms with van der Waals surface area (Å²) in [6.45, 7) is 0. The summed E-state index contributed by atoms with van der Waals surface area (Å²) < 4.78 is 0. The summed E-state index contributed by atoms with van der Waals surface area (Å²) in [7, 11) is 0. The Labute approximate surface area is 121 Å². The molecule has 5 rings (SSSR count). The smallest absolute Gasteiger partial charge is 0.0708 e. The first-order valence-corrected chi connectivity index (χ1v) is 7.08. The van der Waals surface area contributed by atoms with Crippen molar-refractivity contribution in [2.45, 2.75) is 0 Å². The number of rotatable bonds is 0. The van der Waals surface area contributed by atoms with Gasteiger partial charge in [0.1, 0.15) is 0 Å². The molecule has 2 aromatic heterocycles. The number of nitrogens with one attached hydrogen (secondary N) is 1. The average Bonchev–Trinajstić information content (AvgIpc) is 2.90. The molecular weight excluding hydrogens is 256 g/mol. The lowest BCUT2D eigenvalue weighted by atomic mass is 10.0. The van der Waals surface area contributed by atoms with Gasteiger partial charge in [-0.15, -0.1) is 0 Å². The number of hydrogen-bond acceptors (Lipinski definition) is 1. The largest absolute Gasteiger partial charge is 0.354 e. The van der Waals surface area contributed by atoms with Gasteiger partial charge in [-0.3, -0.25) is 4.98 Å². The van der Waals surface area contributed by atoms with Crippen LogP contribution in [-0.4, -0.2) is 9.97 Å². The maximum absolute atomic E-state index is 4.56. The van der Waals surface area contributed by atoms with Crippen molar-refractivity contribution < 1.29 is 0 Å². The summed E-state index contributed by atoms with van der Waals surface area (Å²) >= 11 is 0. The van der Waals surface area contributed by atoms with Crippen molar-refractivity contribution in [2.24, 2.45) is 0 Å². The maximum Gasteiger partial charge on any atom is 0.0708 e. The molecular formula is C19H12N2. The Hall–Kier alpha value is -2.87. The van der Waals surface area contributed by atoms with Crippen LogP contribution < -0.4 is 0 Å². The molecule has 0 saturated carbocycles. The van der Waals surface area contributed by atoms with E-state index in [1.54, 1.807) is 0 Å². The van der Waals surface area contributed by atoms with Crippen LogP contribution >= 0.6 is 0 Å². The molecule has 0 aliphatic carbocycles. The average molecular weight is 268 g/mol. The van der Waals surface area contributed by atoms with E-state index in [4.69, 9.17) is 0 Å². The normalized spacial score (nSPS) is 11.8. The van der Waals surface area contributed by atoms with E-state index in [1.165, 1.54) is 38.0 Å². The fourth-order valence-electron chi connectivity index (χ4n) is 3.21. The number of para-hydroxylation sites is 2. The molecule has 2 heterocycles. The van der Waals surface area contributed by atoms with Gasteiger partial charge in [-0.25, -0.2) is 0 Å². The zero-order valence-electron chi connectivity index (χ0n) is 11.3. The fraction of sp³-hybridized carbons (Fsp3) is 0. The molecule has 0 aliphatic rings. The van der Waals surface area contributed by atoms with Crippen LogP contribution in [0.15, 0.2) is 66.9 Å². The molecule has 1 N–H and O–H groups in total. The number of aromatic nitrogens is 2. The summed E-state index contributed by atoms with van der Waals surface area (Å²) in [4.78, 5) is 8.05. The van der Waals surface area contributed by atoms with E-state index in [1.807, 2.05) is 12.3 Å². The summed E-state index contributed by atoms with van der Waals surface area (Å²) in [5.74, 6) is 0. The predicted octanol–water partition coefficient (Wildman–Crippen LogP) is 5.02. The van der Waals surface area contributed by atoms with Crippen molar-refractivity contribution in [1.82, 2.24) is 9.97 Å². The number of fused-ring (bicyclic) bond motifs is 6. The number of H-pyrrole nitrogens is 1. The summed E-state index contributed by atoms with van der Waals surface area (Å²) in [5, 5.41) is 6.19. The maximum atomic E-state index is 4.56. The summed E-state index contributed by atoms with van der Waals surface area (Å²) in [6, 6.07) is 21.2. The Morgan fingerprint density at radius 3 is 2.43 bits per heavy atom. The number of benzene rings is 3. The fourth-order valence-corrected chi connectivity index (χ4v) is 3.21. The molecule has 21 heavy (non-hydrogen) atoms. The van der Waals surface area contributed by atoms with Crippen LogP contribution in [0.25, 0.3) is 43.5 Å². The van der Waals surface area contributed by atoms with E-state index >= 15 is 0 Å². The molecule has 0 unspecified atom stereocenters. The lowest BCUT2D eigenvalue weighted by Crippen LogP contribution is -1.82. The molecule has 0 atom stereocenters. The molecule has 5 aromatic rings. The molecule has 0 saturated heterocycles. The highest BCUT2D eigenvalue weighted by atomic mass is 14.7. The van der Waals surface area contributed by atoms with Crippen molar-refractivity contribution in [1.29, 1.82) is 0 Å². The molecule has 0 fully saturated rings. The van der Waals surface area contributed by atoms with Gasteiger partial charge in [0.05, 0.1) is 5.52 Å². The van der Waals surface area contributed by atoms with Gasteiger partial charge in [0.15, 0.2) is 0 Å². The number of hydrogen-bond donors (Lipinski definition) is 1. The van der Waals surface area contributed by atoms with Gasteiger partial charge in [-0.1, -0.05) is 36.4 Å². The summed E-state index contributed by atoms with van der Waals surface area (Å²) in [6.07, 6.45) is 1.96. The molecule has 0 amide bonds. The molecule has 0 radical (unpaired) electrons. The van der Waals surface area contributed by atoms with Crippen LogP contribution in [0.4, 0.5) is 0 Å². The van der Waals surface area contributed by atoms with Crippen molar-refractivity contribution in [3.8, 4) is 0 Å². The second-order valence-electron chi connectivity index (χ2n) is 5.43. The highest BCUT2D eigenvalue weighted by molar-refractivity contribution is 6.16. The van der Waals surface area contributed by atoms with E-state index in [-0.39, 0.29) is 0 Å². The predicted molar refractivity (Wildman–Crippen MR) is 88.6 cm³/mol. The Balaban J connectivity index is 2.06. The third-order valence-electron chi connectivity index (χ3n) is 4.21. The Kier molecular flexibility index (Phi) is 1.98. The van der Waals surface area contributed by atoms with Gasteiger partial charge >= 0.3 is 0 Å². The SMILES string of the molecule is c1ccc2c(c1)ncc1cc3[nH]c4ccccc4c3cc12. The highest BCUT2D eigenvalue weighted by Crippen LogP contribution is 2.32. The van der Waals surface area contributed by atoms with E-state index in [0.29, 0.717) is 0 Å². The van der Waals surface area contributed by atoms with Gasteiger partial charge < -0.3 is 4.98 Å². The molecule has 0 aliphatic heterocycles. The van der Waals surface area contributed by atoms with E-state index in [9.17, 15) is 0 Å². The Morgan fingerprint density at radius 2 is 1.48 bits per heavy atom. The minimum atomic E-state index is 1.05. The van der Waals surface area contributed by atoms with Crippen molar-refractivity contribution in [3.05, 3.63) is 66.9 Å². The van der Waals surface area contributed by atoms with Crippen molar-refractivity contribution in [2.75, 3.05) is 0 Å². The molecule has 3 aromatic carbocycles. The number of nitrogens with zero attached hydrogens (tertiary/aromatic N) is 1. The lowest BCUT2D eigenvalue weighted by Gasteiger charge is -2.03. The summed E-state index contributed by atoms with van der Waals surface area (Å²) in [5.41, 5.74) is 3.39. The Bertz CT molecular complexity index is 1130. The first-order chi connectivity index (χ1) is 10.4.